The monoisotopic (exact) mass is 533 g/mol. The number of benzene rings is 3. The second-order valence-corrected chi connectivity index (χ2v) is 10.1. The first-order chi connectivity index (χ1) is 18.2. The number of Topliss-reactive ketones (excluding diaryl/α,β-unsaturated/α-hetero) is 1. The van der Waals surface area contributed by atoms with Gasteiger partial charge in [0.05, 0.1) is 5.56 Å². The molecule has 0 aliphatic heterocycles. The second-order valence-electron chi connectivity index (χ2n) is 9.62. The van der Waals surface area contributed by atoms with E-state index in [1.807, 2.05) is 16.7 Å². The summed E-state index contributed by atoms with van der Waals surface area (Å²) < 4.78 is 7.74. The van der Waals surface area contributed by atoms with Gasteiger partial charge in [-0.05, 0) is 65.4 Å². The number of aryl methyl sites for hydroxylation is 1. The van der Waals surface area contributed by atoms with Gasteiger partial charge in [0, 0.05) is 47.7 Å². The third-order valence-corrected chi connectivity index (χ3v) is 7.21. The number of ether oxygens (including phenoxy) is 1. The van der Waals surface area contributed by atoms with E-state index in [4.69, 9.17) is 22.1 Å². The topological polar surface area (TPSA) is 124 Å². The van der Waals surface area contributed by atoms with Gasteiger partial charge in [-0.1, -0.05) is 29.8 Å². The van der Waals surface area contributed by atoms with Crippen molar-refractivity contribution in [2.45, 2.75) is 37.8 Å². The van der Waals surface area contributed by atoms with Crippen LogP contribution in [0.3, 0.4) is 0 Å². The maximum Gasteiger partial charge on any atom is 0.252 e. The number of likely N-dealkylation sites (N-methyl/N-ethyl adjacent to an activating group) is 1. The van der Waals surface area contributed by atoms with Crippen LogP contribution in [0.1, 0.15) is 51.5 Å². The fourth-order valence-electron chi connectivity index (χ4n) is 4.73. The Hall–Kier alpha value is -3.88. The van der Waals surface area contributed by atoms with Gasteiger partial charge in [0.2, 0.25) is 11.7 Å². The Labute approximate surface area is 224 Å². The fourth-order valence-corrected chi connectivity index (χ4v) is 4.91. The number of aliphatic hydroxyl groups excluding tert-OH is 1. The Morgan fingerprint density at radius 3 is 2.61 bits per heavy atom. The van der Waals surface area contributed by atoms with E-state index in [-0.39, 0.29) is 30.1 Å². The van der Waals surface area contributed by atoms with Gasteiger partial charge in [-0.2, -0.15) is 0 Å². The molecule has 196 valence electrons. The molecular formula is C29H28ClN3O5. The summed E-state index contributed by atoms with van der Waals surface area (Å²) in [4.78, 5) is 37.3. The number of nitrogens with two attached hydrogens (primary N) is 1. The first-order valence-electron chi connectivity index (χ1n) is 12.5. The zero-order chi connectivity index (χ0) is 27.0. The number of rotatable bonds is 10. The van der Waals surface area contributed by atoms with Crippen molar-refractivity contribution in [2.24, 2.45) is 5.73 Å². The van der Waals surface area contributed by atoms with Crippen LogP contribution in [-0.4, -0.2) is 47.0 Å². The highest BCUT2D eigenvalue weighted by Gasteiger charge is 2.25. The highest BCUT2D eigenvalue weighted by Crippen LogP contribution is 2.41. The maximum atomic E-state index is 13.4. The van der Waals surface area contributed by atoms with Gasteiger partial charge in [0.15, 0.2) is 6.61 Å². The van der Waals surface area contributed by atoms with Gasteiger partial charge < -0.3 is 25.5 Å². The van der Waals surface area contributed by atoms with Crippen LogP contribution >= 0.6 is 11.6 Å². The molecule has 0 bridgehead atoms. The third kappa shape index (κ3) is 5.23. The Morgan fingerprint density at radius 2 is 1.89 bits per heavy atom. The van der Waals surface area contributed by atoms with Crippen LogP contribution in [0.2, 0.25) is 5.02 Å². The average molecular weight is 534 g/mol. The molecule has 1 saturated carbocycles. The van der Waals surface area contributed by atoms with Crippen molar-refractivity contribution in [1.29, 1.82) is 0 Å². The van der Waals surface area contributed by atoms with Crippen LogP contribution in [0.15, 0.2) is 54.7 Å². The van der Waals surface area contributed by atoms with E-state index in [2.05, 4.69) is 11.4 Å². The summed E-state index contributed by atoms with van der Waals surface area (Å²) in [6.07, 6.45) is 3.07. The quantitative estimate of drug-likeness (QED) is 0.264. The number of primary amides is 1. The van der Waals surface area contributed by atoms with Crippen molar-refractivity contribution < 1.29 is 24.2 Å². The molecule has 8 nitrogen and oxygen atoms in total. The zero-order valence-corrected chi connectivity index (χ0v) is 21.6. The minimum atomic E-state index is -1.15. The maximum absolute atomic E-state index is 13.4. The number of nitrogens with zero attached hydrogens (tertiary/aromatic N) is 1. The molecule has 3 aromatic carbocycles. The zero-order valence-electron chi connectivity index (χ0n) is 20.9. The highest BCUT2D eigenvalue weighted by atomic mass is 35.5. The van der Waals surface area contributed by atoms with Crippen molar-refractivity contribution in [3.05, 3.63) is 76.4 Å². The molecule has 1 heterocycles. The van der Waals surface area contributed by atoms with E-state index in [0.29, 0.717) is 23.0 Å². The molecule has 0 spiro atoms. The smallest absolute Gasteiger partial charge is 0.252 e. The summed E-state index contributed by atoms with van der Waals surface area (Å²) in [6, 6.07) is 14.6. The van der Waals surface area contributed by atoms with Gasteiger partial charge >= 0.3 is 0 Å². The van der Waals surface area contributed by atoms with E-state index in [1.165, 1.54) is 12.6 Å². The number of ketones is 1. The molecule has 4 aromatic rings. The first kappa shape index (κ1) is 25.8. The standard InChI is InChI=1S/C29H28ClN3O5/c1-32-29(37)25(34)8-9-33-14-23(21-7-5-17(12-24(21)33)16-2-3-16)26(35)15-38-27-13-18-4-6-20(30)10-19(18)11-22(27)28(31)36/h4-7,10-14,16,25,34H,2-3,8-9,15H2,1H3,(H2,31,36)(H,32,37)/t25-/m0/s1. The SMILES string of the molecule is CNC(=O)[C@@H](O)CCn1cc(C(=O)COc2cc3ccc(Cl)cc3cc2C(N)=O)c2ccc(C3CC3)cc21. The predicted molar refractivity (Wildman–Crippen MR) is 146 cm³/mol. The largest absolute Gasteiger partial charge is 0.485 e. The molecular weight excluding hydrogens is 506 g/mol. The molecule has 5 rings (SSSR count). The van der Waals surface area contributed by atoms with E-state index in [1.54, 1.807) is 36.5 Å². The van der Waals surface area contributed by atoms with Gasteiger partial charge in [0.1, 0.15) is 11.9 Å². The lowest BCUT2D eigenvalue weighted by atomic mass is 10.0. The van der Waals surface area contributed by atoms with Crippen LogP contribution in [0.25, 0.3) is 21.7 Å². The molecule has 1 aromatic heterocycles. The molecule has 0 unspecified atom stereocenters. The number of aliphatic hydroxyl groups is 1. The minimum Gasteiger partial charge on any atom is -0.485 e. The van der Waals surface area contributed by atoms with Gasteiger partial charge in [0.25, 0.3) is 5.91 Å². The number of nitrogens with one attached hydrogen (secondary N) is 1. The lowest BCUT2D eigenvalue weighted by molar-refractivity contribution is -0.129. The summed E-state index contributed by atoms with van der Waals surface area (Å²) in [7, 11) is 1.48. The fraction of sp³-hybridized carbons (Fsp3) is 0.276. The van der Waals surface area contributed by atoms with Crippen molar-refractivity contribution in [1.82, 2.24) is 9.88 Å². The lowest BCUT2D eigenvalue weighted by Gasteiger charge is -2.11. The number of aromatic nitrogens is 1. The summed E-state index contributed by atoms with van der Waals surface area (Å²) in [5.41, 5.74) is 8.28. The van der Waals surface area contributed by atoms with Crippen LogP contribution < -0.4 is 15.8 Å². The molecule has 9 heteroatoms. The Balaban J connectivity index is 1.43. The molecule has 2 amide bonds. The number of carbonyl (C=O) groups is 3. The van der Waals surface area contributed by atoms with Crippen molar-refractivity contribution in [2.75, 3.05) is 13.7 Å². The molecule has 1 atom stereocenters. The molecule has 1 fully saturated rings. The highest BCUT2D eigenvalue weighted by molar-refractivity contribution is 6.31. The number of hydrogen-bond acceptors (Lipinski definition) is 5. The average Bonchev–Trinajstić information content (AvgIpc) is 3.70. The first-order valence-corrected chi connectivity index (χ1v) is 12.8. The van der Waals surface area contributed by atoms with E-state index < -0.39 is 17.9 Å². The van der Waals surface area contributed by atoms with Crippen molar-refractivity contribution >= 4 is 50.9 Å². The molecule has 0 saturated heterocycles. The van der Waals surface area contributed by atoms with E-state index >= 15 is 0 Å². The Morgan fingerprint density at radius 1 is 1.11 bits per heavy atom. The lowest BCUT2D eigenvalue weighted by Crippen LogP contribution is -2.32. The third-order valence-electron chi connectivity index (χ3n) is 6.97. The molecule has 1 aliphatic carbocycles. The summed E-state index contributed by atoms with van der Waals surface area (Å²) in [5, 5.41) is 15.4. The van der Waals surface area contributed by atoms with Crippen LogP contribution in [0.4, 0.5) is 0 Å². The summed E-state index contributed by atoms with van der Waals surface area (Å²) >= 11 is 6.08. The van der Waals surface area contributed by atoms with Crippen LogP contribution in [-0.2, 0) is 11.3 Å². The molecule has 4 N–H and O–H groups in total. The minimum absolute atomic E-state index is 0.159. The van der Waals surface area contributed by atoms with Crippen molar-refractivity contribution in [3.8, 4) is 5.75 Å². The van der Waals surface area contributed by atoms with E-state index in [9.17, 15) is 19.5 Å². The molecule has 1 aliphatic rings. The van der Waals surface area contributed by atoms with Crippen LogP contribution in [0.5, 0.6) is 5.75 Å². The van der Waals surface area contributed by atoms with Gasteiger partial charge in [-0.3, -0.25) is 14.4 Å². The number of amides is 2. The number of carbonyl (C=O) groups excluding carboxylic acids is 3. The van der Waals surface area contributed by atoms with E-state index in [0.717, 1.165) is 34.5 Å². The predicted octanol–water partition coefficient (Wildman–Crippen LogP) is 4.18. The number of hydrogen-bond donors (Lipinski definition) is 3. The van der Waals surface area contributed by atoms with Gasteiger partial charge in [-0.15, -0.1) is 0 Å². The van der Waals surface area contributed by atoms with Crippen LogP contribution in [0, 0.1) is 0 Å². The Kier molecular flexibility index (Phi) is 7.10. The number of halogens is 1. The molecule has 0 radical (unpaired) electrons. The molecule has 38 heavy (non-hydrogen) atoms. The number of fused-ring (bicyclic) bond motifs is 2. The van der Waals surface area contributed by atoms with Crippen molar-refractivity contribution in [3.63, 3.8) is 0 Å². The second kappa shape index (κ2) is 10.5. The van der Waals surface area contributed by atoms with Gasteiger partial charge in [-0.25, -0.2) is 0 Å². The normalized spacial score (nSPS) is 14.0. The summed E-state index contributed by atoms with van der Waals surface area (Å²) in [6.45, 7) is 0.0517. The summed E-state index contributed by atoms with van der Waals surface area (Å²) in [5.74, 6) is -0.654. The Bertz CT molecular complexity index is 1570.